The second-order valence-electron chi connectivity index (χ2n) is 8.21. The Hall–Kier alpha value is -2.32. The molecule has 0 atom stereocenters. The fourth-order valence-corrected chi connectivity index (χ4v) is 3.62. The number of anilines is 1. The topological polar surface area (TPSA) is 72.8 Å². The normalized spacial score (nSPS) is 21.8. The fourth-order valence-electron chi connectivity index (χ4n) is 3.62. The number of nitrogens with zero attached hydrogens (tertiary/aromatic N) is 2. The lowest BCUT2D eigenvalue weighted by molar-refractivity contribution is -0.120. The summed E-state index contributed by atoms with van der Waals surface area (Å²) >= 11 is 0. The van der Waals surface area contributed by atoms with Crippen LogP contribution in [0.3, 0.4) is 0 Å². The van der Waals surface area contributed by atoms with Gasteiger partial charge in [-0.3, -0.25) is 15.0 Å². The van der Waals surface area contributed by atoms with Crippen LogP contribution in [0.1, 0.15) is 34.1 Å². The van der Waals surface area contributed by atoms with Gasteiger partial charge in [0.1, 0.15) is 0 Å². The smallest absolute Gasteiger partial charge is 0.399 e. The molecule has 2 aliphatic rings. The second-order valence-corrected chi connectivity index (χ2v) is 8.21. The van der Waals surface area contributed by atoms with Gasteiger partial charge in [0.2, 0.25) is 5.91 Å². The number of nitrogens with one attached hydrogen (secondary N) is 1. The highest BCUT2D eigenvalue weighted by molar-refractivity contribution is 6.65. The molecule has 1 N–H and O–H groups in total. The van der Waals surface area contributed by atoms with Gasteiger partial charge in [-0.1, -0.05) is 6.07 Å². The molecule has 3 amide bonds. The Bertz CT molecular complexity index is 934. The lowest BCUT2D eigenvalue weighted by atomic mass is 9.77. The van der Waals surface area contributed by atoms with E-state index < -0.39 is 18.3 Å². The van der Waals surface area contributed by atoms with Crippen molar-refractivity contribution in [3.8, 4) is 0 Å². The summed E-state index contributed by atoms with van der Waals surface area (Å²) in [6.07, 6.45) is 2.24. The van der Waals surface area contributed by atoms with Crippen molar-refractivity contribution in [2.45, 2.75) is 45.3 Å². The van der Waals surface area contributed by atoms with Gasteiger partial charge in [-0.15, -0.1) is 0 Å². The summed E-state index contributed by atoms with van der Waals surface area (Å²) in [5.41, 5.74) is 1.79. The van der Waals surface area contributed by atoms with Crippen LogP contribution in [-0.4, -0.2) is 41.4 Å². The molecular weight excluding hydrogens is 345 g/mol. The molecule has 2 aromatic rings. The Morgan fingerprint density at radius 2 is 1.74 bits per heavy atom. The predicted molar refractivity (Wildman–Crippen MR) is 104 cm³/mol. The molecule has 0 radical (unpaired) electrons. The monoisotopic (exact) mass is 369 g/mol. The number of imide groups is 1. The zero-order valence-corrected chi connectivity index (χ0v) is 16.3. The van der Waals surface area contributed by atoms with E-state index in [2.05, 4.69) is 5.32 Å². The number of hydrogen-bond donors (Lipinski definition) is 1. The van der Waals surface area contributed by atoms with Gasteiger partial charge in [0.25, 0.3) is 0 Å². The van der Waals surface area contributed by atoms with E-state index >= 15 is 0 Å². The number of carbonyl (C=O) groups is 2. The molecule has 3 heterocycles. The number of urea groups is 1. The molecule has 2 aliphatic heterocycles. The van der Waals surface area contributed by atoms with Crippen LogP contribution in [-0.2, 0) is 21.2 Å². The first-order valence-electron chi connectivity index (χ1n) is 9.16. The van der Waals surface area contributed by atoms with Crippen molar-refractivity contribution < 1.29 is 18.9 Å². The molecule has 0 spiro atoms. The Balaban J connectivity index is 1.79. The third kappa shape index (κ3) is 2.75. The quantitative estimate of drug-likeness (QED) is 0.821. The van der Waals surface area contributed by atoms with E-state index in [1.54, 1.807) is 4.90 Å². The summed E-state index contributed by atoms with van der Waals surface area (Å²) in [4.78, 5) is 25.4. The average Bonchev–Trinajstić information content (AvgIpc) is 3.05. The number of aryl methyl sites for hydroxylation is 1. The summed E-state index contributed by atoms with van der Waals surface area (Å²) in [6.45, 7) is 8.47. The van der Waals surface area contributed by atoms with Crippen LogP contribution < -0.4 is 15.7 Å². The Morgan fingerprint density at radius 1 is 1.07 bits per heavy atom. The summed E-state index contributed by atoms with van der Waals surface area (Å²) in [6, 6.07) is 5.44. The average molecular weight is 369 g/mol. The maximum Gasteiger partial charge on any atom is 0.497 e. The summed E-state index contributed by atoms with van der Waals surface area (Å²) < 4.78 is 14.5. The van der Waals surface area contributed by atoms with E-state index in [0.29, 0.717) is 13.0 Å². The second kappa shape index (κ2) is 5.84. The third-order valence-electron chi connectivity index (χ3n) is 5.89. The predicted octanol–water partition coefficient (Wildman–Crippen LogP) is 1.92. The fraction of sp³-hybridized carbons (Fsp3) is 0.474. The molecule has 2 saturated heterocycles. The van der Waals surface area contributed by atoms with E-state index in [1.165, 1.54) is 0 Å². The van der Waals surface area contributed by atoms with Gasteiger partial charge in [0.15, 0.2) is 0 Å². The van der Waals surface area contributed by atoms with Gasteiger partial charge >= 0.3 is 13.1 Å². The summed E-state index contributed by atoms with van der Waals surface area (Å²) in [5.74, 6) is -0.241. The molecule has 142 valence electrons. The van der Waals surface area contributed by atoms with Crippen LogP contribution in [0, 0.1) is 0 Å². The standard InChI is InChI=1S/C19H24BN3O4/c1-18(2)19(3,4)27-20(26-18)13-6-7-14(12-8-10-22(5)16(12)13)23-11-9-15(24)21-17(23)25/h6-8,10H,9,11H2,1-5H3,(H,21,24,25). The van der Waals surface area contributed by atoms with E-state index in [0.717, 1.165) is 22.1 Å². The molecular formula is C19H24BN3O4. The van der Waals surface area contributed by atoms with Crippen molar-refractivity contribution >= 4 is 41.1 Å². The first-order valence-corrected chi connectivity index (χ1v) is 9.16. The Kier molecular flexibility index (Phi) is 3.91. The summed E-state index contributed by atoms with van der Waals surface area (Å²) in [7, 11) is 1.47. The maximum atomic E-state index is 12.3. The lowest BCUT2D eigenvalue weighted by Gasteiger charge is -2.32. The van der Waals surface area contributed by atoms with E-state index in [-0.39, 0.29) is 11.9 Å². The first kappa shape index (κ1) is 18.1. The first-order chi connectivity index (χ1) is 12.6. The molecule has 0 aliphatic carbocycles. The van der Waals surface area contributed by atoms with Crippen LogP contribution in [0.4, 0.5) is 10.5 Å². The van der Waals surface area contributed by atoms with Crippen molar-refractivity contribution in [1.29, 1.82) is 0 Å². The molecule has 1 aromatic heterocycles. The minimum absolute atomic E-state index is 0.241. The van der Waals surface area contributed by atoms with Crippen molar-refractivity contribution in [3.63, 3.8) is 0 Å². The molecule has 2 fully saturated rings. The van der Waals surface area contributed by atoms with Crippen LogP contribution >= 0.6 is 0 Å². The number of hydrogen-bond acceptors (Lipinski definition) is 4. The van der Waals surface area contributed by atoms with Crippen LogP contribution in [0.5, 0.6) is 0 Å². The highest BCUT2D eigenvalue weighted by atomic mass is 16.7. The molecule has 8 heteroatoms. The number of carbonyl (C=O) groups excluding carboxylic acids is 2. The van der Waals surface area contributed by atoms with Gasteiger partial charge < -0.3 is 13.9 Å². The Labute approximate surface area is 158 Å². The van der Waals surface area contributed by atoms with Gasteiger partial charge in [-0.05, 0) is 39.8 Å². The van der Waals surface area contributed by atoms with Gasteiger partial charge in [0, 0.05) is 42.6 Å². The van der Waals surface area contributed by atoms with Gasteiger partial charge in [-0.25, -0.2) is 4.79 Å². The van der Waals surface area contributed by atoms with Crippen molar-refractivity contribution in [2.24, 2.45) is 7.05 Å². The van der Waals surface area contributed by atoms with Crippen molar-refractivity contribution in [2.75, 3.05) is 11.4 Å². The number of amides is 3. The molecule has 0 unspecified atom stereocenters. The minimum Gasteiger partial charge on any atom is -0.399 e. The molecule has 0 bridgehead atoms. The van der Waals surface area contributed by atoms with Crippen LogP contribution in [0.2, 0.25) is 0 Å². The zero-order chi connectivity index (χ0) is 19.6. The van der Waals surface area contributed by atoms with E-state index in [1.807, 2.05) is 63.7 Å². The number of aromatic nitrogens is 1. The van der Waals surface area contributed by atoms with E-state index in [9.17, 15) is 9.59 Å². The highest BCUT2D eigenvalue weighted by Gasteiger charge is 2.52. The molecule has 4 rings (SSSR count). The summed E-state index contributed by atoms with van der Waals surface area (Å²) in [5, 5.41) is 3.31. The number of benzene rings is 1. The molecule has 27 heavy (non-hydrogen) atoms. The molecule has 1 aromatic carbocycles. The number of fused-ring (bicyclic) bond motifs is 1. The van der Waals surface area contributed by atoms with Crippen LogP contribution in [0.25, 0.3) is 10.9 Å². The van der Waals surface area contributed by atoms with Crippen molar-refractivity contribution in [3.05, 3.63) is 24.4 Å². The van der Waals surface area contributed by atoms with Gasteiger partial charge in [0.05, 0.1) is 16.9 Å². The van der Waals surface area contributed by atoms with Gasteiger partial charge in [-0.2, -0.15) is 0 Å². The Morgan fingerprint density at radius 3 is 2.37 bits per heavy atom. The van der Waals surface area contributed by atoms with Crippen LogP contribution in [0.15, 0.2) is 24.4 Å². The maximum absolute atomic E-state index is 12.3. The third-order valence-corrected chi connectivity index (χ3v) is 5.89. The lowest BCUT2D eigenvalue weighted by Crippen LogP contribution is -2.49. The van der Waals surface area contributed by atoms with Crippen molar-refractivity contribution in [1.82, 2.24) is 9.88 Å². The largest absolute Gasteiger partial charge is 0.497 e. The highest BCUT2D eigenvalue weighted by Crippen LogP contribution is 2.38. The minimum atomic E-state index is -0.489. The SMILES string of the molecule is Cn1ccc2c(N3CCC(=O)NC3=O)ccc(B3OC(C)(C)C(C)(C)O3)c21. The number of rotatable bonds is 2. The molecule has 7 nitrogen and oxygen atoms in total. The molecule has 0 saturated carbocycles. The zero-order valence-electron chi connectivity index (χ0n) is 16.3. The van der Waals surface area contributed by atoms with E-state index in [4.69, 9.17) is 9.31 Å².